The highest BCUT2D eigenvalue weighted by Gasteiger charge is 2.03. The number of hydrogen-bond acceptors (Lipinski definition) is 5. The predicted octanol–water partition coefficient (Wildman–Crippen LogP) is -0.964. The van der Waals surface area contributed by atoms with Crippen LogP contribution in [0.2, 0.25) is 0 Å². The fraction of sp³-hybridized carbons (Fsp3) is 1.00. The van der Waals surface area contributed by atoms with Gasteiger partial charge in [0, 0.05) is 0 Å². The average molecular weight is 157 g/mol. The Bertz CT molecular complexity index is 63.2. The van der Waals surface area contributed by atoms with Crippen molar-refractivity contribution < 1.29 is 14.9 Å². The van der Waals surface area contributed by atoms with Crippen LogP contribution >= 0.6 is 21.2 Å². The Morgan fingerprint density at radius 3 is 2.25 bits per heavy atom. The third-order valence-electron chi connectivity index (χ3n) is 0.437. The molecule has 0 aliphatic heterocycles. The summed E-state index contributed by atoms with van der Waals surface area (Å²) in [6.45, 7) is -0.219. The summed E-state index contributed by atoms with van der Waals surface area (Å²) in [4.78, 5) is 16.4. The molecular weight excluding hydrogens is 149 g/mol. The molecule has 0 radical (unpaired) electrons. The Balaban J connectivity index is 3.10. The van der Waals surface area contributed by atoms with Gasteiger partial charge in [-0.15, -0.1) is 0 Å². The Hall–Kier alpha value is 0.620. The summed E-state index contributed by atoms with van der Waals surface area (Å²) in [6.07, 6.45) is 0. The Morgan fingerprint density at radius 1 is 1.62 bits per heavy atom. The van der Waals surface area contributed by atoms with Crippen LogP contribution in [0.25, 0.3) is 0 Å². The van der Waals surface area contributed by atoms with Crippen molar-refractivity contribution in [3.8, 4) is 0 Å². The van der Waals surface area contributed by atoms with Gasteiger partial charge in [0.05, 0.1) is 12.0 Å². The van der Waals surface area contributed by atoms with Crippen LogP contribution in [0.15, 0.2) is 0 Å². The van der Waals surface area contributed by atoms with Gasteiger partial charge in [0.15, 0.2) is 0 Å². The molecule has 8 heavy (non-hydrogen) atoms. The van der Waals surface area contributed by atoms with Gasteiger partial charge in [-0.05, 0) is 0 Å². The topological polar surface area (TPSA) is 72.7 Å². The zero-order valence-corrected chi connectivity index (χ0v) is 5.81. The third-order valence-corrected chi connectivity index (χ3v) is 1.48. The van der Waals surface area contributed by atoms with Gasteiger partial charge in [-0.1, -0.05) is 0 Å². The minimum Gasteiger partial charge on any atom is -0.394 e. The lowest BCUT2D eigenvalue weighted by Gasteiger charge is -2.08. The fourth-order valence-corrected chi connectivity index (χ4v) is 0.832. The average Bonchev–Trinajstić information content (AvgIpc) is 1.65. The molecule has 4 nitrogen and oxygen atoms in total. The lowest BCUT2D eigenvalue weighted by Crippen LogP contribution is -2.21. The molecule has 0 aliphatic rings. The van der Waals surface area contributed by atoms with E-state index in [1.54, 1.807) is 0 Å². The van der Waals surface area contributed by atoms with E-state index in [9.17, 15) is 0 Å². The highest BCUT2D eigenvalue weighted by atomic mass is 32.1. The van der Waals surface area contributed by atoms with Gasteiger partial charge in [-0.25, -0.2) is 5.09 Å². The second-order valence-electron chi connectivity index (χ2n) is 1.12. The van der Waals surface area contributed by atoms with Crippen LogP contribution in [0.1, 0.15) is 0 Å². The highest BCUT2D eigenvalue weighted by Crippen LogP contribution is 2.17. The summed E-state index contributed by atoms with van der Waals surface area (Å²) < 4.78 is 0. The van der Waals surface area contributed by atoms with Crippen molar-refractivity contribution in [3.63, 3.8) is 0 Å². The fourth-order valence-electron chi connectivity index (χ4n) is 0.174. The first-order valence-electron chi connectivity index (χ1n) is 1.89. The SMILES string of the molecule is OCC(S)NP(O)O. The molecule has 0 amide bonds. The molecule has 0 saturated carbocycles. The first-order chi connectivity index (χ1) is 3.66. The Kier molecular flexibility index (Phi) is 4.84. The molecule has 4 N–H and O–H groups in total. The van der Waals surface area contributed by atoms with Crippen LogP contribution in [-0.4, -0.2) is 26.9 Å². The molecule has 50 valence electrons. The standard InChI is InChI=1S/C2H8NO3PS/c4-1-2(8)3-7(5)6/h2-6,8H,1H2. The molecule has 0 bridgehead atoms. The first-order valence-corrected chi connectivity index (χ1v) is 3.66. The quantitative estimate of drug-likeness (QED) is 0.208. The Labute approximate surface area is 53.9 Å². The molecule has 1 atom stereocenters. The van der Waals surface area contributed by atoms with Crippen LogP contribution in [0.4, 0.5) is 0 Å². The zero-order valence-electron chi connectivity index (χ0n) is 4.02. The summed E-state index contributed by atoms with van der Waals surface area (Å²) in [7, 11) is -2.13. The molecule has 0 saturated heterocycles. The summed E-state index contributed by atoms with van der Waals surface area (Å²) >= 11 is 3.70. The van der Waals surface area contributed by atoms with E-state index in [-0.39, 0.29) is 6.61 Å². The molecule has 1 unspecified atom stereocenters. The summed E-state index contributed by atoms with van der Waals surface area (Å²) in [5.41, 5.74) is 0. The summed E-state index contributed by atoms with van der Waals surface area (Å²) in [5, 5.41) is 9.87. The van der Waals surface area contributed by atoms with E-state index in [4.69, 9.17) is 14.9 Å². The maximum atomic E-state index is 8.23. The van der Waals surface area contributed by atoms with E-state index in [0.29, 0.717) is 0 Å². The van der Waals surface area contributed by atoms with Crippen molar-refractivity contribution in [2.45, 2.75) is 5.37 Å². The molecule has 0 aromatic rings. The van der Waals surface area contributed by atoms with Gasteiger partial charge in [0.25, 0.3) is 8.53 Å². The van der Waals surface area contributed by atoms with E-state index in [0.717, 1.165) is 0 Å². The van der Waals surface area contributed by atoms with Crippen molar-refractivity contribution in [1.29, 1.82) is 0 Å². The van der Waals surface area contributed by atoms with Crippen molar-refractivity contribution >= 4 is 21.2 Å². The van der Waals surface area contributed by atoms with Crippen LogP contribution in [-0.2, 0) is 0 Å². The number of thiol groups is 1. The van der Waals surface area contributed by atoms with Gasteiger partial charge in [0.2, 0.25) is 0 Å². The molecule has 0 aliphatic carbocycles. The second-order valence-corrected chi connectivity index (χ2v) is 2.58. The molecule has 0 aromatic carbocycles. The van der Waals surface area contributed by atoms with Gasteiger partial charge in [-0.2, -0.15) is 12.6 Å². The van der Waals surface area contributed by atoms with Crippen molar-refractivity contribution in [2.75, 3.05) is 6.61 Å². The molecule has 0 aromatic heterocycles. The second kappa shape index (κ2) is 4.49. The van der Waals surface area contributed by atoms with E-state index < -0.39 is 13.9 Å². The van der Waals surface area contributed by atoms with Gasteiger partial charge >= 0.3 is 0 Å². The molecule has 0 heterocycles. The van der Waals surface area contributed by atoms with E-state index in [1.165, 1.54) is 0 Å². The van der Waals surface area contributed by atoms with E-state index in [1.807, 2.05) is 0 Å². The smallest absolute Gasteiger partial charge is 0.251 e. The zero-order chi connectivity index (χ0) is 6.57. The highest BCUT2D eigenvalue weighted by molar-refractivity contribution is 7.81. The van der Waals surface area contributed by atoms with E-state index in [2.05, 4.69) is 17.7 Å². The van der Waals surface area contributed by atoms with Gasteiger partial charge in [0.1, 0.15) is 0 Å². The number of rotatable bonds is 3. The van der Waals surface area contributed by atoms with Crippen molar-refractivity contribution in [2.24, 2.45) is 0 Å². The largest absolute Gasteiger partial charge is 0.394 e. The lowest BCUT2D eigenvalue weighted by molar-refractivity contribution is 0.287. The lowest BCUT2D eigenvalue weighted by atomic mass is 10.7. The monoisotopic (exact) mass is 157 g/mol. The molecular formula is C2H8NO3PS. The summed E-state index contributed by atoms with van der Waals surface area (Å²) in [6, 6.07) is 0. The minimum atomic E-state index is -2.13. The van der Waals surface area contributed by atoms with Crippen molar-refractivity contribution in [3.05, 3.63) is 0 Å². The predicted molar refractivity (Wildman–Crippen MR) is 34.4 cm³/mol. The number of nitrogens with one attached hydrogen (secondary N) is 1. The maximum Gasteiger partial charge on any atom is 0.251 e. The van der Waals surface area contributed by atoms with Crippen LogP contribution < -0.4 is 5.09 Å². The van der Waals surface area contributed by atoms with Crippen LogP contribution in [0.5, 0.6) is 0 Å². The Morgan fingerprint density at radius 2 is 2.12 bits per heavy atom. The van der Waals surface area contributed by atoms with Crippen molar-refractivity contribution in [1.82, 2.24) is 5.09 Å². The molecule has 0 fully saturated rings. The number of hydrogen-bond donors (Lipinski definition) is 5. The third kappa shape index (κ3) is 4.77. The number of aliphatic hydroxyl groups excluding tert-OH is 1. The van der Waals surface area contributed by atoms with Crippen LogP contribution in [0, 0.1) is 0 Å². The number of aliphatic hydroxyl groups is 1. The van der Waals surface area contributed by atoms with Gasteiger partial charge < -0.3 is 14.9 Å². The molecule has 0 rings (SSSR count). The first kappa shape index (κ1) is 8.62. The molecule has 0 spiro atoms. The van der Waals surface area contributed by atoms with Crippen LogP contribution in [0.3, 0.4) is 0 Å². The normalized spacial score (nSPS) is 14.6. The summed E-state index contributed by atoms with van der Waals surface area (Å²) in [5.74, 6) is 0. The van der Waals surface area contributed by atoms with Gasteiger partial charge in [-0.3, -0.25) is 0 Å². The minimum absolute atomic E-state index is 0.219. The maximum absolute atomic E-state index is 8.23. The molecule has 6 heteroatoms. The van der Waals surface area contributed by atoms with E-state index >= 15 is 0 Å².